The largest absolute Gasteiger partial charge is 0.325 e. The lowest BCUT2D eigenvalue weighted by atomic mass is 9.97. The van der Waals surface area contributed by atoms with Crippen molar-refractivity contribution >= 4 is 44.9 Å². The van der Waals surface area contributed by atoms with Crippen molar-refractivity contribution in [1.29, 1.82) is 0 Å². The fraction of sp³-hybridized carbons (Fsp3) is 0.276. The molecule has 0 spiro atoms. The molecule has 208 valence electrons. The van der Waals surface area contributed by atoms with E-state index >= 15 is 0 Å². The monoisotopic (exact) mass is 560 g/mol. The van der Waals surface area contributed by atoms with Crippen molar-refractivity contribution in [2.24, 2.45) is 4.99 Å². The predicted octanol–water partition coefficient (Wildman–Crippen LogP) is 4.11. The third kappa shape index (κ3) is 6.85. The number of nitrogens with one attached hydrogen (secondary N) is 4. The van der Waals surface area contributed by atoms with E-state index in [0.717, 1.165) is 34.5 Å². The lowest BCUT2D eigenvalue weighted by molar-refractivity contribution is -0.117. The number of aryl methyl sites for hydroxylation is 1. The Morgan fingerprint density at radius 2 is 1.70 bits per heavy atom. The van der Waals surface area contributed by atoms with Crippen molar-refractivity contribution in [3.8, 4) is 0 Å². The van der Waals surface area contributed by atoms with Crippen molar-refractivity contribution in [3.05, 3.63) is 83.4 Å². The molecule has 2 heterocycles. The summed E-state index contributed by atoms with van der Waals surface area (Å²) in [6.07, 6.45) is 2.11. The summed E-state index contributed by atoms with van der Waals surface area (Å²) in [4.78, 5) is 31.7. The van der Waals surface area contributed by atoms with Crippen LogP contribution < -0.4 is 20.7 Å². The van der Waals surface area contributed by atoms with E-state index in [1.54, 1.807) is 12.1 Å². The number of urea groups is 1. The predicted molar refractivity (Wildman–Crippen MR) is 156 cm³/mol. The fourth-order valence-electron chi connectivity index (χ4n) is 4.91. The number of benzene rings is 3. The lowest BCUT2D eigenvalue weighted by Crippen LogP contribution is -2.37. The molecule has 5 rings (SSSR count). The number of rotatable bonds is 7. The van der Waals surface area contributed by atoms with Gasteiger partial charge in [-0.1, -0.05) is 30.3 Å². The summed E-state index contributed by atoms with van der Waals surface area (Å²) in [5.74, 6) is 0.225. The van der Waals surface area contributed by atoms with Crippen LogP contribution in [0.15, 0.2) is 76.6 Å². The maximum atomic E-state index is 12.8. The summed E-state index contributed by atoms with van der Waals surface area (Å²) in [6, 6.07) is 19.3. The van der Waals surface area contributed by atoms with E-state index in [4.69, 9.17) is 0 Å². The quantitative estimate of drug-likeness (QED) is 0.345. The van der Waals surface area contributed by atoms with Gasteiger partial charge in [-0.3, -0.25) is 19.4 Å². The second kappa shape index (κ2) is 11.9. The Labute approximate surface area is 233 Å². The molecule has 2 aliphatic rings. The Balaban J connectivity index is 1.17. The molecule has 11 heteroatoms. The van der Waals surface area contributed by atoms with Gasteiger partial charge in [0.25, 0.3) is 10.0 Å². The van der Waals surface area contributed by atoms with Crippen molar-refractivity contribution in [3.63, 3.8) is 0 Å². The van der Waals surface area contributed by atoms with Gasteiger partial charge in [0.15, 0.2) is 0 Å². The van der Waals surface area contributed by atoms with Gasteiger partial charge in [-0.15, -0.1) is 0 Å². The van der Waals surface area contributed by atoms with Gasteiger partial charge in [0, 0.05) is 43.1 Å². The lowest BCUT2D eigenvalue weighted by Gasteiger charge is -2.29. The van der Waals surface area contributed by atoms with Gasteiger partial charge in [0.2, 0.25) is 5.91 Å². The fourth-order valence-corrected chi connectivity index (χ4v) is 6.04. The third-order valence-corrected chi connectivity index (χ3v) is 8.17. The smallest absolute Gasteiger partial charge is 0.323 e. The van der Waals surface area contributed by atoms with Crippen LogP contribution in [0, 0.1) is 6.92 Å². The van der Waals surface area contributed by atoms with Gasteiger partial charge in [0.05, 0.1) is 11.4 Å². The van der Waals surface area contributed by atoms with Crippen LogP contribution in [0.25, 0.3) is 0 Å². The van der Waals surface area contributed by atoms with Crippen LogP contribution in [0.3, 0.4) is 0 Å². The van der Waals surface area contributed by atoms with E-state index < -0.39 is 10.0 Å². The van der Waals surface area contributed by atoms with E-state index in [-0.39, 0.29) is 23.4 Å². The number of nitrogens with zero attached hydrogens (tertiary/aromatic N) is 2. The summed E-state index contributed by atoms with van der Waals surface area (Å²) in [6.45, 7) is 3.93. The summed E-state index contributed by atoms with van der Waals surface area (Å²) in [7, 11) is -3.77. The normalized spacial score (nSPS) is 15.1. The molecule has 0 saturated carbocycles. The van der Waals surface area contributed by atoms with Gasteiger partial charge >= 0.3 is 6.03 Å². The van der Waals surface area contributed by atoms with Crippen molar-refractivity contribution < 1.29 is 18.0 Å². The van der Waals surface area contributed by atoms with Gasteiger partial charge < -0.3 is 16.0 Å². The number of carbonyl (C=O) groups excluding carboxylic acids is 2. The van der Waals surface area contributed by atoms with E-state index in [9.17, 15) is 18.0 Å². The molecule has 3 aromatic rings. The molecule has 0 aromatic heterocycles. The standard InChI is InChI=1S/C29H32N6O4S/c1-20-6-2-8-22(16-20)32-29(37)33-26-11-3-7-21-18-35(15-13-25(21)26)19-28(36)31-23-9-4-10-24(17-23)40(38,39)34-27-12-5-14-30-27/h2-4,6-11,16-17H,5,12-15,18-19H2,1H3,(H,30,34)(H,31,36)(H2,32,33,37). The van der Waals surface area contributed by atoms with Crippen LogP contribution in [-0.2, 0) is 27.8 Å². The molecule has 2 aliphatic heterocycles. The number of sulfonamides is 1. The third-order valence-electron chi connectivity index (χ3n) is 6.79. The molecule has 3 amide bonds. The Bertz CT molecular complexity index is 1570. The summed E-state index contributed by atoms with van der Waals surface area (Å²) in [5, 5.41) is 8.64. The van der Waals surface area contributed by atoms with Crippen LogP contribution in [0.2, 0.25) is 0 Å². The zero-order chi connectivity index (χ0) is 28.1. The maximum Gasteiger partial charge on any atom is 0.323 e. The number of fused-ring (bicyclic) bond motifs is 1. The molecule has 4 N–H and O–H groups in total. The van der Waals surface area contributed by atoms with Crippen LogP contribution in [-0.4, -0.2) is 50.7 Å². The Morgan fingerprint density at radius 1 is 0.925 bits per heavy atom. The van der Waals surface area contributed by atoms with Crippen molar-refractivity contribution in [1.82, 2.24) is 9.62 Å². The highest BCUT2D eigenvalue weighted by molar-refractivity contribution is 7.90. The number of hydrogen-bond acceptors (Lipinski definition) is 6. The highest BCUT2D eigenvalue weighted by Gasteiger charge is 2.22. The van der Waals surface area contributed by atoms with Gasteiger partial charge in [-0.05, 0) is 72.9 Å². The van der Waals surface area contributed by atoms with E-state index in [2.05, 4.69) is 25.7 Å². The minimum absolute atomic E-state index is 0.0678. The molecular weight excluding hydrogens is 528 g/mol. The zero-order valence-electron chi connectivity index (χ0n) is 22.2. The molecule has 10 nitrogen and oxygen atoms in total. The van der Waals surface area contributed by atoms with E-state index in [1.165, 1.54) is 12.1 Å². The molecule has 0 bridgehead atoms. The first-order valence-corrected chi connectivity index (χ1v) is 14.7. The van der Waals surface area contributed by atoms with Crippen molar-refractivity contribution in [2.75, 3.05) is 35.6 Å². The highest BCUT2D eigenvalue weighted by atomic mass is 32.2. The summed E-state index contributed by atoms with van der Waals surface area (Å²) < 4.78 is 28.0. The Hall–Kier alpha value is -4.22. The topological polar surface area (TPSA) is 132 Å². The van der Waals surface area contributed by atoms with Gasteiger partial charge in [-0.25, -0.2) is 13.2 Å². The summed E-state index contributed by atoms with van der Waals surface area (Å²) in [5.41, 5.74) is 5.04. The second-order valence-electron chi connectivity index (χ2n) is 9.97. The molecule has 0 radical (unpaired) electrons. The van der Waals surface area contributed by atoms with E-state index in [0.29, 0.717) is 44.0 Å². The average Bonchev–Trinajstić information content (AvgIpc) is 3.41. The molecule has 3 aromatic carbocycles. The van der Waals surface area contributed by atoms with Crippen molar-refractivity contribution in [2.45, 2.75) is 37.6 Å². The summed E-state index contributed by atoms with van der Waals surface area (Å²) >= 11 is 0. The van der Waals surface area contributed by atoms with Crippen LogP contribution in [0.1, 0.15) is 29.5 Å². The molecule has 0 atom stereocenters. The number of amides is 3. The minimum atomic E-state index is -3.77. The highest BCUT2D eigenvalue weighted by Crippen LogP contribution is 2.27. The molecular formula is C29H32N6O4S. The van der Waals surface area contributed by atoms with Crippen LogP contribution >= 0.6 is 0 Å². The number of carbonyl (C=O) groups is 2. The first kappa shape index (κ1) is 27.4. The first-order chi connectivity index (χ1) is 19.2. The van der Waals surface area contributed by atoms with E-state index in [1.807, 2.05) is 54.3 Å². The maximum absolute atomic E-state index is 12.8. The number of hydrogen-bond donors (Lipinski definition) is 4. The Kier molecular flexibility index (Phi) is 8.13. The first-order valence-electron chi connectivity index (χ1n) is 13.2. The van der Waals surface area contributed by atoms with Crippen LogP contribution in [0.5, 0.6) is 0 Å². The van der Waals surface area contributed by atoms with Gasteiger partial charge in [-0.2, -0.15) is 0 Å². The second-order valence-corrected chi connectivity index (χ2v) is 11.6. The van der Waals surface area contributed by atoms with Crippen LogP contribution in [0.4, 0.5) is 21.9 Å². The zero-order valence-corrected chi connectivity index (χ0v) is 23.1. The minimum Gasteiger partial charge on any atom is -0.325 e. The molecule has 0 fully saturated rings. The van der Waals surface area contributed by atoms with Gasteiger partial charge in [0.1, 0.15) is 5.84 Å². The average molecular weight is 561 g/mol. The SMILES string of the molecule is Cc1cccc(NC(=O)Nc2cccc3c2CCN(CC(=O)Nc2cccc(S(=O)(=O)NC4=NCCC4)c2)C3)c1. The molecule has 40 heavy (non-hydrogen) atoms. The number of anilines is 3. The molecule has 0 saturated heterocycles. The number of amidine groups is 1. The number of aliphatic imine (C=N–C) groups is 1. The molecule has 0 aliphatic carbocycles. The molecule has 0 unspecified atom stereocenters. The Morgan fingerprint density at radius 3 is 2.48 bits per heavy atom.